The van der Waals surface area contributed by atoms with Crippen LogP contribution in [0.5, 0.6) is 0 Å². The fraction of sp³-hybridized carbons (Fsp3) is 0.350. The third-order valence-corrected chi connectivity index (χ3v) is 5.44. The minimum Gasteiger partial charge on any atom is -0.347 e. The number of nitrogens with one attached hydrogen (secondary N) is 1. The molecule has 0 aliphatic heterocycles. The highest BCUT2D eigenvalue weighted by molar-refractivity contribution is 7.92. The van der Waals surface area contributed by atoms with Gasteiger partial charge in [0.05, 0.1) is 11.9 Å². The molecule has 6 heteroatoms. The Labute approximate surface area is 156 Å². The Kier molecular flexibility index (Phi) is 5.76. The van der Waals surface area contributed by atoms with Crippen molar-refractivity contribution < 1.29 is 13.2 Å². The number of aryl methyl sites for hydroxylation is 1. The van der Waals surface area contributed by atoms with Crippen molar-refractivity contribution in [1.82, 2.24) is 5.32 Å². The van der Waals surface area contributed by atoms with E-state index < -0.39 is 15.6 Å². The molecule has 2 rings (SSSR count). The smallest absolute Gasteiger partial charge is 0.251 e. The standard InChI is InChI=1S/C20H26N2O3S/c1-15-11-12-17(13-18(15)22(4)26(5,24)25)19(23)21-20(2,3)14-16-9-7-6-8-10-16/h6-13H,14H2,1-5H3,(H,21,23). The molecule has 0 spiro atoms. The maximum absolute atomic E-state index is 12.7. The van der Waals surface area contributed by atoms with Crippen molar-refractivity contribution in [3.05, 3.63) is 65.2 Å². The second-order valence-electron chi connectivity index (χ2n) is 7.23. The van der Waals surface area contributed by atoms with Crippen molar-refractivity contribution in [2.45, 2.75) is 32.7 Å². The molecule has 1 amide bonds. The van der Waals surface area contributed by atoms with E-state index in [9.17, 15) is 13.2 Å². The topological polar surface area (TPSA) is 66.5 Å². The molecule has 0 radical (unpaired) electrons. The lowest BCUT2D eigenvalue weighted by atomic mass is 9.94. The first-order valence-corrected chi connectivity index (χ1v) is 10.3. The van der Waals surface area contributed by atoms with Crippen molar-refractivity contribution in [2.24, 2.45) is 0 Å². The van der Waals surface area contributed by atoms with E-state index in [0.717, 1.165) is 17.4 Å². The Hall–Kier alpha value is -2.34. The first kappa shape index (κ1) is 20.0. The maximum atomic E-state index is 12.7. The largest absolute Gasteiger partial charge is 0.347 e. The second kappa shape index (κ2) is 7.50. The molecular formula is C20H26N2O3S. The van der Waals surface area contributed by atoms with Crippen LogP contribution in [-0.4, -0.2) is 33.2 Å². The summed E-state index contributed by atoms with van der Waals surface area (Å²) in [5, 5.41) is 3.04. The molecule has 140 valence electrons. The average molecular weight is 375 g/mol. The Morgan fingerprint density at radius 2 is 1.73 bits per heavy atom. The molecule has 1 N–H and O–H groups in total. The van der Waals surface area contributed by atoms with Gasteiger partial charge >= 0.3 is 0 Å². The average Bonchev–Trinajstić information content (AvgIpc) is 2.53. The Balaban J connectivity index is 2.22. The first-order chi connectivity index (χ1) is 12.0. The highest BCUT2D eigenvalue weighted by Crippen LogP contribution is 2.23. The van der Waals surface area contributed by atoms with Gasteiger partial charge in [-0.1, -0.05) is 36.4 Å². The number of hydrogen-bond acceptors (Lipinski definition) is 3. The van der Waals surface area contributed by atoms with Gasteiger partial charge in [-0.05, 0) is 50.5 Å². The lowest BCUT2D eigenvalue weighted by Gasteiger charge is -2.27. The van der Waals surface area contributed by atoms with Crippen LogP contribution in [0.3, 0.4) is 0 Å². The van der Waals surface area contributed by atoms with Crippen molar-refractivity contribution in [1.29, 1.82) is 0 Å². The van der Waals surface area contributed by atoms with Crippen LogP contribution in [-0.2, 0) is 16.4 Å². The molecule has 0 saturated carbocycles. The van der Waals surface area contributed by atoms with Crippen LogP contribution in [0.1, 0.15) is 35.3 Å². The van der Waals surface area contributed by atoms with E-state index in [1.165, 1.54) is 11.4 Å². The SMILES string of the molecule is Cc1ccc(C(=O)NC(C)(C)Cc2ccccc2)cc1N(C)S(C)(=O)=O. The number of amides is 1. The summed E-state index contributed by atoms with van der Waals surface area (Å²) in [6, 6.07) is 15.0. The monoisotopic (exact) mass is 374 g/mol. The van der Waals surface area contributed by atoms with Gasteiger partial charge in [0, 0.05) is 18.2 Å². The van der Waals surface area contributed by atoms with Gasteiger partial charge in [0.25, 0.3) is 5.91 Å². The van der Waals surface area contributed by atoms with E-state index in [0.29, 0.717) is 17.7 Å². The van der Waals surface area contributed by atoms with Crippen molar-refractivity contribution in [3.63, 3.8) is 0 Å². The van der Waals surface area contributed by atoms with Gasteiger partial charge in [-0.15, -0.1) is 0 Å². The zero-order chi connectivity index (χ0) is 19.5. The van der Waals surface area contributed by atoms with Gasteiger partial charge in [-0.25, -0.2) is 8.42 Å². The van der Waals surface area contributed by atoms with Crippen LogP contribution in [0.15, 0.2) is 48.5 Å². The molecule has 0 atom stereocenters. The molecule has 26 heavy (non-hydrogen) atoms. The van der Waals surface area contributed by atoms with Gasteiger partial charge in [-0.3, -0.25) is 9.10 Å². The Morgan fingerprint density at radius 1 is 1.12 bits per heavy atom. The van der Waals surface area contributed by atoms with Crippen LogP contribution in [0.25, 0.3) is 0 Å². The molecule has 2 aromatic rings. The predicted molar refractivity (Wildman–Crippen MR) is 106 cm³/mol. The molecule has 0 aliphatic rings. The Bertz CT molecular complexity index is 891. The van der Waals surface area contributed by atoms with E-state index in [1.807, 2.05) is 51.1 Å². The minimum absolute atomic E-state index is 0.228. The maximum Gasteiger partial charge on any atom is 0.251 e. The number of sulfonamides is 1. The zero-order valence-electron chi connectivity index (χ0n) is 15.9. The summed E-state index contributed by atoms with van der Waals surface area (Å²) in [7, 11) is -1.91. The van der Waals surface area contributed by atoms with Crippen molar-refractivity contribution in [3.8, 4) is 0 Å². The molecule has 5 nitrogen and oxygen atoms in total. The van der Waals surface area contributed by atoms with Gasteiger partial charge in [-0.2, -0.15) is 0 Å². The Morgan fingerprint density at radius 3 is 2.31 bits per heavy atom. The number of carbonyl (C=O) groups excluding carboxylic acids is 1. The number of anilines is 1. The van der Waals surface area contributed by atoms with Crippen LogP contribution in [0, 0.1) is 6.92 Å². The van der Waals surface area contributed by atoms with Crippen LogP contribution >= 0.6 is 0 Å². The number of nitrogens with zero attached hydrogens (tertiary/aromatic N) is 1. The normalized spacial score (nSPS) is 11.9. The predicted octanol–water partition coefficient (Wildman–Crippen LogP) is 3.14. The lowest BCUT2D eigenvalue weighted by molar-refractivity contribution is 0.0913. The van der Waals surface area contributed by atoms with E-state index >= 15 is 0 Å². The molecule has 0 unspecified atom stereocenters. The van der Waals surface area contributed by atoms with Crippen LogP contribution in [0.4, 0.5) is 5.69 Å². The summed E-state index contributed by atoms with van der Waals surface area (Å²) in [6.07, 6.45) is 1.84. The van der Waals surface area contributed by atoms with E-state index in [4.69, 9.17) is 0 Å². The van der Waals surface area contributed by atoms with Crippen molar-refractivity contribution in [2.75, 3.05) is 17.6 Å². The molecule has 0 bridgehead atoms. The van der Waals surface area contributed by atoms with Gasteiger partial charge in [0.15, 0.2) is 0 Å². The highest BCUT2D eigenvalue weighted by atomic mass is 32.2. The lowest BCUT2D eigenvalue weighted by Crippen LogP contribution is -2.45. The number of rotatable bonds is 6. The fourth-order valence-electron chi connectivity index (χ4n) is 2.80. The molecule has 0 saturated heterocycles. The van der Waals surface area contributed by atoms with E-state index in [1.54, 1.807) is 18.2 Å². The molecule has 0 heterocycles. The van der Waals surface area contributed by atoms with Crippen LogP contribution < -0.4 is 9.62 Å². The third kappa shape index (κ3) is 5.08. The molecule has 0 fully saturated rings. The van der Waals surface area contributed by atoms with E-state index in [2.05, 4.69) is 5.32 Å². The summed E-state index contributed by atoms with van der Waals surface area (Å²) in [6.45, 7) is 5.75. The quantitative estimate of drug-likeness (QED) is 0.845. The summed E-state index contributed by atoms with van der Waals surface area (Å²) in [4.78, 5) is 12.7. The second-order valence-corrected chi connectivity index (χ2v) is 9.25. The third-order valence-electron chi connectivity index (χ3n) is 4.25. The summed E-state index contributed by atoms with van der Waals surface area (Å²) in [5.74, 6) is -0.228. The summed E-state index contributed by atoms with van der Waals surface area (Å²) >= 11 is 0. The fourth-order valence-corrected chi connectivity index (χ4v) is 3.35. The first-order valence-electron chi connectivity index (χ1n) is 8.40. The highest BCUT2D eigenvalue weighted by Gasteiger charge is 2.23. The van der Waals surface area contributed by atoms with Gasteiger partial charge < -0.3 is 5.32 Å². The molecule has 0 aliphatic carbocycles. The summed E-state index contributed by atoms with van der Waals surface area (Å²) in [5.41, 5.74) is 2.42. The van der Waals surface area contributed by atoms with Gasteiger partial charge in [0.1, 0.15) is 0 Å². The summed E-state index contributed by atoms with van der Waals surface area (Å²) < 4.78 is 24.8. The van der Waals surface area contributed by atoms with Gasteiger partial charge in [0.2, 0.25) is 10.0 Å². The minimum atomic E-state index is -3.40. The molecular weight excluding hydrogens is 348 g/mol. The molecule has 2 aromatic carbocycles. The number of carbonyl (C=O) groups is 1. The van der Waals surface area contributed by atoms with Crippen LogP contribution in [0.2, 0.25) is 0 Å². The molecule has 0 aromatic heterocycles. The van der Waals surface area contributed by atoms with E-state index in [-0.39, 0.29) is 5.91 Å². The number of hydrogen-bond donors (Lipinski definition) is 1. The number of benzene rings is 2. The zero-order valence-corrected chi connectivity index (χ0v) is 16.7. The van der Waals surface area contributed by atoms with Crippen molar-refractivity contribution >= 4 is 21.6 Å².